The summed E-state index contributed by atoms with van der Waals surface area (Å²) in [5.41, 5.74) is 2.66. The average Bonchev–Trinajstić information content (AvgIpc) is 2.39. The van der Waals surface area contributed by atoms with Gasteiger partial charge in [0, 0.05) is 12.1 Å². The van der Waals surface area contributed by atoms with Crippen molar-refractivity contribution in [3.63, 3.8) is 0 Å². The van der Waals surface area contributed by atoms with Crippen molar-refractivity contribution >= 4 is 21.7 Å². The summed E-state index contributed by atoms with van der Waals surface area (Å²) in [5.74, 6) is 0.856. The maximum absolute atomic E-state index is 11.6. The molecule has 3 rings (SSSR count). The molecule has 0 aliphatic carbocycles. The van der Waals surface area contributed by atoms with Crippen molar-refractivity contribution in [2.75, 3.05) is 11.3 Å². The molecule has 90 valence electrons. The smallest absolute Gasteiger partial charge is 0.267 e. The van der Waals surface area contributed by atoms with Crippen LogP contribution in [0.15, 0.2) is 23.2 Å². The third-order valence-electron chi connectivity index (χ3n) is 3.17. The van der Waals surface area contributed by atoms with E-state index in [9.17, 15) is 8.42 Å². The Morgan fingerprint density at radius 3 is 3.00 bits per heavy atom. The maximum atomic E-state index is 11.6. The number of benzene rings is 1. The molecule has 0 radical (unpaired) electrons. The highest BCUT2D eigenvalue weighted by atomic mass is 32.2. The fourth-order valence-electron chi connectivity index (χ4n) is 2.32. The topological polar surface area (TPSA) is 70.6 Å². The second-order valence-corrected chi connectivity index (χ2v) is 5.81. The summed E-state index contributed by atoms with van der Waals surface area (Å²) >= 11 is 0. The van der Waals surface area contributed by atoms with Crippen LogP contribution in [0.1, 0.15) is 30.4 Å². The Labute approximate surface area is 100 Å². The highest BCUT2D eigenvalue weighted by Gasteiger charge is 2.29. The summed E-state index contributed by atoms with van der Waals surface area (Å²) < 4.78 is 28.2. The van der Waals surface area contributed by atoms with Crippen molar-refractivity contribution in [1.29, 1.82) is 0 Å². The first kappa shape index (κ1) is 10.6. The van der Waals surface area contributed by atoms with Crippen LogP contribution in [0.5, 0.6) is 0 Å². The second kappa shape index (κ2) is 3.46. The van der Waals surface area contributed by atoms with E-state index < -0.39 is 10.2 Å². The Kier molecular flexibility index (Phi) is 2.16. The fourth-order valence-corrected chi connectivity index (χ4v) is 3.25. The first-order valence-corrected chi connectivity index (χ1v) is 7.03. The number of amidine groups is 1. The van der Waals surface area contributed by atoms with Gasteiger partial charge in [0.1, 0.15) is 5.84 Å². The van der Waals surface area contributed by atoms with Gasteiger partial charge in [-0.05, 0) is 24.0 Å². The molecule has 1 aromatic carbocycles. The van der Waals surface area contributed by atoms with E-state index in [4.69, 9.17) is 0 Å². The van der Waals surface area contributed by atoms with Crippen molar-refractivity contribution in [2.45, 2.75) is 19.3 Å². The number of hydrogen-bond acceptors (Lipinski definition) is 3. The summed E-state index contributed by atoms with van der Waals surface area (Å²) in [4.78, 5) is 4.33. The van der Waals surface area contributed by atoms with E-state index in [0.29, 0.717) is 24.0 Å². The van der Waals surface area contributed by atoms with E-state index in [1.165, 1.54) is 0 Å². The molecule has 2 heterocycles. The van der Waals surface area contributed by atoms with E-state index in [0.717, 1.165) is 17.5 Å². The summed E-state index contributed by atoms with van der Waals surface area (Å²) in [6.45, 7) is 2.78. The molecule has 0 fully saturated rings. The zero-order chi connectivity index (χ0) is 12.0. The van der Waals surface area contributed by atoms with Gasteiger partial charge in [0.15, 0.2) is 0 Å². The Bertz CT molecular complexity index is 607. The Balaban J connectivity index is 2.29. The maximum Gasteiger partial charge on any atom is 0.322 e. The molecule has 2 N–H and O–H groups in total. The summed E-state index contributed by atoms with van der Waals surface area (Å²) in [6, 6.07) is 5.68. The number of nitrogens with zero attached hydrogens (tertiary/aromatic N) is 1. The van der Waals surface area contributed by atoms with Crippen molar-refractivity contribution in [3.8, 4) is 0 Å². The van der Waals surface area contributed by atoms with Gasteiger partial charge in [0.2, 0.25) is 0 Å². The molecule has 0 bridgehead atoms. The highest BCUT2D eigenvalue weighted by Crippen LogP contribution is 2.33. The molecule has 5 nitrogen and oxygen atoms in total. The minimum Gasteiger partial charge on any atom is -0.267 e. The van der Waals surface area contributed by atoms with Crippen molar-refractivity contribution in [3.05, 3.63) is 29.3 Å². The zero-order valence-electron chi connectivity index (χ0n) is 9.40. The molecule has 0 saturated heterocycles. The first-order chi connectivity index (χ1) is 8.07. The van der Waals surface area contributed by atoms with Crippen LogP contribution in [-0.4, -0.2) is 20.8 Å². The molecule has 0 amide bonds. The van der Waals surface area contributed by atoms with Gasteiger partial charge in [-0.1, -0.05) is 19.1 Å². The molecule has 2 aliphatic rings. The monoisotopic (exact) mass is 251 g/mol. The molecule has 1 unspecified atom stereocenters. The van der Waals surface area contributed by atoms with Crippen molar-refractivity contribution in [2.24, 2.45) is 4.99 Å². The standard InChI is InChI=1S/C11H13N3O2S/c1-7-5-6-12-11-10-8(7)3-2-4-9(10)13-17(15,16)14-11/h2-4,7,13H,5-6H2,1H3,(H,12,14). The molecular weight excluding hydrogens is 238 g/mol. The molecule has 0 spiro atoms. The second-order valence-electron chi connectivity index (χ2n) is 4.40. The fraction of sp³-hybridized carbons (Fsp3) is 0.364. The Morgan fingerprint density at radius 1 is 1.35 bits per heavy atom. The molecule has 0 aromatic heterocycles. The average molecular weight is 251 g/mol. The van der Waals surface area contributed by atoms with Crippen LogP contribution in [0.4, 0.5) is 5.69 Å². The van der Waals surface area contributed by atoms with Gasteiger partial charge in [-0.2, -0.15) is 8.42 Å². The zero-order valence-corrected chi connectivity index (χ0v) is 10.2. The third kappa shape index (κ3) is 1.68. The quantitative estimate of drug-likeness (QED) is 0.727. The van der Waals surface area contributed by atoms with Crippen LogP contribution in [-0.2, 0) is 10.2 Å². The minimum absolute atomic E-state index is 0.385. The molecule has 1 atom stereocenters. The Hall–Kier alpha value is -1.56. The van der Waals surface area contributed by atoms with Gasteiger partial charge in [0.25, 0.3) is 0 Å². The van der Waals surface area contributed by atoms with Gasteiger partial charge in [0.05, 0.1) is 5.69 Å². The molecular formula is C11H13N3O2S. The third-order valence-corrected chi connectivity index (χ3v) is 4.12. The van der Waals surface area contributed by atoms with Crippen LogP contribution >= 0.6 is 0 Å². The number of hydrogen-bond donors (Lipinski definition) is 2. The van der Waals surface area contributed by atoms with Crippen LogP contribution in [0, 0.1) is 0 Å². The lowest BCUT2D eigenvalue weighted by molar-refractivity contribution is 0.597. The number of anilines is 1. The van der Waals surface area contributed by atoms with E-state index in [1.807, 2.05) is 12.1 Å². The highest BCUT2D eigenvalue weighted by molar-refractivity contribution is 7.91. The normalized spacial score (nSPS) is 24.8. The lowest BCUT2D eigenvalue weighted by Gasteiger charge is -2.24. The van der Waals surface area contributed by atoms with Crippen LogP contribution < -0.4 is 9.44 Å². The van der Waals surface area contributed by atoms with Gasteiger partial charge in [-0.3, -0.25) is 9.71 Å². The number of aliphatic imine (C=N–C) groups is 1. The lowest BCUT2D eigenvalue weighted by atomic mass is 9.93. The summed E-state index contributed by atoms with van der Waals surface area (Å²) in [5, 5.41) is 0. The summed E-state index contributed by atoms with van der Waals surface area (Å²) in [7, 11) is -3.50. The van der Waals surface area contributed by atoms with Gasteiger partial charge >= 0.3 is 10.2 Å². The minimum atomic E-state index is -3.50. The Morgan fingerprint density at radius 2 is 2.18 bits per heavy atom. The SMILES string of the molecule is CC1CCN=C2NS(=O)(=O)Nc3cccc1c32. The van der Waals surface area contributed by atoms with Gasteiger partial charge < -0.3 is 0 Å². The van der Waals surface area contributed by atoms with Crippen molar-refractivity contribution in [1.82, 2.24) is 4.72 Å². The molecule has 0 saturated carbocycles. The summed E-state index contributed by atoms with van der Waals surface area (Å²) in [6.07, 6.45) is 0.932. The van der Waals surface area contributed by atoms with E-state index in [1.54, 1.807) is 6.07 Å². The van der Waals surface area contributed by atoms with Crippen LogP contribution in [0.2, 0.25) is 0 Å². The van der Waals surface area contributed by atoms with Crippen LogP contribution in [0.25, 0.3) is 0 Å². The lowest BCUT2D eigenvalue weighted by Crippen LogP contribution is -2.41. The van der Waals surface area contributed by atoms with E-state index in [2.05, 4.69) is 21.4 Å². The van der Waals surface area contributed by atoms with Gasteiger partial charge in [-0.15, -0.1) is 0 Å². The largest absolute Gasteiger partial charge is 0.322 e. The molecule has 6 heteroatoms. The van der Waals surface area contributed by atoms with Crippen LogP contribution in [0.3, 0.4) is 0 Å². The van der Waals surface area contributed by atoms with E-state index >= 15 is 0 Å². The predicted octanol–water partition coefficient (Wildman–Crippen LogP) is 1.20. The molecule has 17 heavy (non-hydrogen) atoms. The van der Waals surface area contributed by atoms with E-state index in [-0.39, 0.29) is 0 Å². The van der Waals surface area contributed by atoms with Crippen molar-refractivity contribution < 1.29 is 8.42 Å². The number of rotatable bonds is 0. The number of nitrogens with one attached hydrogen (secondary N) is 2. The first-order valence-electron chi connectivity index (χ1n) is 5.55. The van der Waals surface area contributed by atoms with Gasteiger partial charge in [-0.25, -0.2) is 4.72 Å². The molecule has 1 aromatic rings. The molecule has 2 aliphatic heterocycles. The predicted molar refractivity (Wildman–Crippen MR) is 66.6 cm³/mol.